The summed E-state index contributed by atoms with van der Waals surface area (Å²) in [7, 11) is 1.32. The third kappa shape index (κ3) is 5.76. The molecule has 0 unspecified atom stereocenters. The summed E-state index contributed by atoms with van der Waals surface area (Å²) in [4.78, 5) is 15.7. The van der Waals surface area contributed by atoms with E-state index in [9.17, 15) is 4.79 Å². The van der Waals surface area contributed by atoms with E-state index in [-0.39, 0.29) is 5.15 Å². The van der Waals surface area contributed by atoms with Crippen molar-refractivity contribution in [3.05, 3.63) is 10.0 Å². The first-order valence-corrected chi connectivity index (χ1v) is 7.44. The molecule has 0 aliphatic carbocycles. The molecule has 0 saturated heterocycles. The minimum Gasteiger partial charge on any atom is -0.465 e. The number of aromatic nitrogens is 1. The van der Waals surface area contributed by atoms with Crippen LogP contribution in [0.5, 0.6) is 0 Å². The van der Waals surface area contributed by atoms with Gasteiger partial charge in [-0.1, -0.05) is 36.3 Å². The number of halogens is 1. The number of esters is 1. The molecule has 0 radical (unpaired) electrons. The summed E-state index contributed by atoms with van der Waals surface area (Å²) in [6.07, 6.45) is 3.12. The monoisotopic (exact) mass is 306 g/mol. The van der Waals surface area contributed by atoms with Gasteiger partial charge in [-0.15, -0.1) is 0 Å². The van der Waals surface area contributed by atoms with Gasteiger partial charge in [-0.3, -0.25) is 0 Å². The van der Waals surface area contributed by atoms with Crippen LogP contribution in [0.15, 0.2) is 0 Å². The van der Waals surface area contributed by atoms with Crippen molar-refractivity contribution in [1.82, 2.24) is 4.98 Å². The number of thiazole rings is 1. The molecule has 1 heterocycles. The van der Waals surface area contributed by atoms with Gasteiger partial charge >= 0.3 is 5.97 Å². The van der Waals surface area contributed by atoms with Crippen molar-refractivity contribution in [2.45, 2.75) is 26.2 Å². The second-order valence-electron chi connectivity index (χ2n) is 3.88. The molecule has 1 aromatic rings. The van der Waals surface area contributed by atoms with Crippen molar-refractivity contribution in [2.24, 2.45) is 0 Å². The van der Waals surface area contributed by atoms with E-state index < -0.39 is 5.97 Å². The zero-order chi connectivity index (χ0) is 14.1. The number of nitrogens with one attached hydrogen (secondary N) is 1. The standard InChI is InChI=1S/C12H19ClN2O3S/c1-3-4-7-18-8-5-6-14-12-15-10(13)9(19-12)11(16)17-2/h3-8H2,1-2H3,(H,14,15). The molecule has 0 bridgehead atoms. The fourth-order valence-corrected chi connectivity index (χ4v) is 2.44. The molecule has 0 atom stereocenters. The van der Waals surface area contributed by atoms with Crippen LogP contribution in [0.3, 0.4) is 0 Å². The molecule has 108 valence electrons. The van der Waals surface area contributed by atoms with E-state index in [0.717, 1.165) is 39.0 Å². The smallest absolute Gasteiger partial charge is 0.351 e. The van der Waals surface area contributed by atoms with Crippen LogP contribution in [0.4, 0.5) is 5.13 Å². The Hall–Kier alpha value is -0.850. The molecule has 0 saturated carbocycles. The average molecular weight is 307 g/mol. The van der Waals surface area contributed by atoms with Crippen molar-refractivity contribution in [3.8, 4) is 0 Å². The van der Waals surface area contributed by atoms with Gasteiger partial charge in [-0.05, 0) is 12.8 Å². The summed E-state index contributed by atoms with van der Waals surface area (Å²) in [6, 6.07) is 0. The number of methoxy groups -OCH3 is 1. The molecule has 0 aromatic carbocycles. The maximum Gasteiger partial charge on any atom is 0.351 e. The Balaban J connectivity index is 2.25. The van der Waals surface area contributed by atoms with Gasteiger partial charge in [0, 0.05) is 19.8 Å². The van der Waals surface area contributed by atoms with E-state index in [1.165, 1.54) is 18.4 Å². The van der Waals surface area contributed by atoms with Gasteiger partial charge in [0.25, 0.3) is 0 Å². The average Bonchev–Trinajstić information content (AvgIpc) is 2.78. The first-order valence-electron chi connectivity index (χ1n) is 6.25. The number of hydrogen-bond donors (Lipinski definition) is 1. The number of unbranched alkanes of at least 4 members (excludes halogenated alkanes) is 1. The van der Waals surface area contributed by atoms with Crippen LogP contribution in [-0.2, 0) is 9.47 Å². The van der Waals surface area contributed by atoms with Gasteiger partial charge < -0.3 is 14.8 Å². The van der Waals surface area contributed by atoms with E-state index in [1.54, 1.807) is 0 Å². The van der Waals surface area contributed by atoms with Crippen LogP contribution < -0.4 is 5.32 Å². The lowest BCUT2D eigenvalue weighted by molar-refractivity contribution is 0.0606. The molecule has 1 N–H and O–H groups in total. The summed E-state index contributed by atoms with van der Waals surface area (Å²) in [5.41, 5.74) is 0. The SMILES string of the molecule is CCCCOCCCNc1nc(Cl)c(C(=O)OC)s1. The molecule has 5 nitrogen and oxygen atoms in total. The van der Waals surface area contributed by atoms with Crippen molar-refractivity contribution in [3.63, 3.8) is 0 Å². The van der Waals surface area contributed by atoms with Crippen molar-refractivity contribution >= 4 is 34.0 Å². The van der Waals surface area contributed by atoms with E-state index in [0.29, 0.717) is 10.0 Å². The summed E-state index contributed by atoms with van der Waals surface area (Å²) < 4.78 is 10.0. The molecule has 0 fully saturated rings. The van der Waals surface area contributed by atoms with E-state index in [4.69, 9.17) is 16.3 Å². The third-order valence-electron chi connectivity index (χ3n) is 2.34. The zero-order valence-electron chi connectivity index (χ0n) is 11.2. The quantitative estimate of drug-likeness (QED) is 0.561. The first-order chi connectivity index (χ1) is 9.19. The lowest BCUT2D eigenvalue weighted by Gasteiger charge is -2.03. The van der Waals surface area contributed by atoms with Crippen LogP contribution in [0.25, 0.3) is 0 Å². The van der Waals surface area contributed by atoms with Gasteiger partial charge in [0.05, 0.1) is 7.11 Å². The first kappa shape index (κ1) is 16.2. The number of carbonyl (C=O) groups excluding carboxylic acids is 1. The highest BCUT2D eigenvalue weighted by molar-refractivity contribution is 7.18. The molecule has 7 heteroatoms. The highest BCUT2D eigenvalue weighted by Gasteiger charge is 2.16. The summed E-state index contributed by atoms with van der Waals surface area (Å²) >= 11 is 7.04. The highest BCUT2D eigenvalue weighted by atomic mass is 35.5. The van der Waals surface area contributed by atoms with E-state index >= 15 is 0 Å². The minimum absolute atomic E-state index is 0.179. The van der Waals surface area contributed by atoms with Crippen LogP contribution >= 0.6 is 22.9 Å². The van der Waals surface area contributed by atoms with E-state index in [1.807, 2.05) is 0 Å². The molecule has 0 amide bonds. The van der Waals surface area contributed by atoms with Crippen LogP contribution in [-0.4, -0.2) is 37.8 Å². The number of hydrogen-bond acceptors (Lipinski definition) is 6. The van der Waals surface area contributed by atoms with Crippen molar-refractivity contribution in [2.75, 3.05) is 32.2 Å². The third-order valence-corrected chi connectivity index (χ3v) is 3.72. The number of anilines is 1. The lowest BCUT2D eigenvalue weighted by atomic mass is 10.4. The van der Waals surface area contributed by atoms with Gasteiger partial charge in [0.15, 0.2) is 15.2 Å². The van der Waals surface area contributed by atoms with Crippen LogP contribution in [0.1, 0.15) is 35.9 Å². The number of rotatable bonds is 9. The predicted molar refractivity (Wildman–Crippen MR) is 77.3 cm³/mol. The normalized spacial score (nSPS) is 10.5. The Morgan fingerprint density at radius 3 is 2.84 bits per heavy atom. The maximum absolute atomic E-state index is 11.3. The largest absolute Gasteiger partial charge is 0.465 e. The Morgan fingerprint density at radius 1 is 1.42 bits per heavy atom. The molecular weight excluding hydrogens is 288 g/mol. The van der Waals surface area contributed by atoms with Crippen molar-refractivity contribution in [1.29, 1.82) is 0 Å². The molecular formula is C12H19ClN2O3S. The van der Waals surface area contributed by atoms with E-state index in [2.05, 4.69) is 22.0 Å². The molecule has 19 heavy (non-hydrogen) atoms. The zero-order valence-corrected chi connectivity index (χ0v) is 12.8. The summed E-state index contributed by atoms with van der Waals surface area (Å²) in [5, 5.41) is 3.91. The van der Waals surface area contributed by atoms with Gasteiger partial charge in [-0.2, -0.15) is 0 Å². The molecule has 0 aliphatic heterocycles. The fraction of sp³-hybridized carbons (Fsp3) is 0.667. The van der Waals surface area contributed by atoms with Gasteiger partial charge in [-0.25, -0.2) is 9.78 Å². The topological polar surface area (TPSA) is 60.5 Å². The second kappa shape index (κ2) is 9.12. The Kier molecular flexibility index (Phi) is 7.78. The Bertz CT molecular complexity index is 398. The lowest BCUT2D eigenvalue weighted by Crippen LogP contribution is -2.06. The van der Waals surface area contributed by atoms with Gasteiger partial charge in [0.1, 0.15) is 0 Å². The van der Waals surface area contributed by atoms with Gasteiger partial charge in [0.2, 0.25) is 0 Å². The number of ether oxygens (including phenoxy) is 2. The maximum atomic E-state index is 11.3. The molecule has 0 aliphatic rings. The Labute approximate surface area is 122 Å². The molecule has 0 spiro atoms. The number of carbonyl (C=O) groups is 1. The van der Waals surface area contributed by atoms with Crippen molar-refractivity contribution < 1.29 is 14.3 Å². The predicted octanol–water partition coefficient (Wildman–Crippen LogP) is 3.20. The minimum atomic E-state index is -0.460. The second-order valence-corrected chi connectivity index (χ2v) is 5.23. The summed E-state index contributed by atoms with van der Waals surface area (Å²) in [6.45, 7) is 4.40. The number of nitrogens with zero attached hydrogens (tertiary/aromatic N) is 1. The Morgan fingerprint density at radius 2 is 2.16 bits per heavy atom. The highest BCUT2D eigenvalue weighted by Crippen LogP contribution is 2.27. The van der Waals surface area contributed by atoms with Crippen LogP contribution in [0, 0.1) is 0 Å². The summed E-state index contributed by atoms with van der Waals surface area (Å²) in [5.74, 6) is -0.460. The molecule has 1 aromatic heterocycles. The van der Waals surface area contributed by atoms with Crippen LogP contribution in [0.2, 0.25) is 5.15 Å². The molecule has 1 rings (SSSR count). The fourth-order valence-electron chi connectivity index (χ4n) is 1.31.